The Labute approximate surface area is 115 Å². The fourth-order valence-corrected chi connectivity index (χ4v) is 2.43. The summed E-state index contributed by atoms with van der Waals surface area (Å²) in [6.45, 7) is 5.65. The van der Waals surface area contributed by atoms with Gasteiger partial charge in [0.25, 0.3) is 10.1 Å². The highest BCUT2D eigenvalue weighted by Crippen LogP contribution is 2.24. The number of rotatable bonds is 6. The molecule has 0 radical (unpaired) electrons. The highest BCUT2D eigenvalue weighted by atomic mass is 32.2. The Bertz CT molecular complexity index is 395. The first-order valence-corrected chi connectivity index (χ1v) is 8.41. The van der Waals surface area contributed by atoms with Gasteiger partial charge in [0.15, 0.2) is 0 Å². The minimum Gasteiger partial charge on any atom is -0.449 e. The van der Waals surface area contributed by atoms with Crippen molar-refractivity contribution in [3.8, 4) is 0 Å². The third-order valence-electron chi connectivity index (χ3n) is 3.25. The van der Waals surface area contributed by atoms with Gasteiger partial charge in [0.1, 0.15) is 0 Å². The van der Waals surface area contributed by atoms with E-state index in [1.807, 2.05) is 13.8 Å². The molecule has 0 aliphatic carbocycles. The second-order valence-electron chi connectivity index (χ2n) is 5.10. The van der Waals surface area contributed by atoms with Crippen molar-refractivity contribution in [2.45, 2.75) is 26.7 Å². The lowest BCUT2D eigenvalue weighted by Crippen LogP contribution is -2.30. The molecule has 1 fully saturated rings. The molecule has 2 atom stereocenters. The van der Waals surface area contributed by atoms with Crippen molar-refractivity contribution in [3.05, 3.63) is 0 Å². The van der Waals surface area contributed by atoms with E-state index >= 15 is 0 Å². The number of hydrogen-bond acceptors (Lipinski definition) is 5. The van der Waals surface area contributed by atoms with Crippen molar-refractivity contribution in [1.29, 1.82) is 0 Å². The van der Waals surface area contributed by atoms with Gasteiger partial charge in [-0.2, -0.15) is 8.42 Å². The zero-order valence-corrected chi connectivity index (χ0v) is 12.6. The summed E-state index contributed by atoms with van der Waals surface area (Å²) in [4.78, 5) is 13.4. The molecule has 0 saturated carbocycles. The molecule has 1 aliphatic heterocycles. The molecular formula is C12H23NO5S. The van der Waals surface area contributed by atoms with E-state index in [1.165, 1.54) is 0 Å². The van der Waals surface area contributed by atoms with Crippen LogP contribution in [0.1, 0.15) is 26.7 Å². The van der Waals surface area contributed by atoms with Crippen molar-refractivity contribution in [1.82, 2.24) is 4.90 Å². The third-order valence-corrected chi connectivity index (χ3v) is 3.81. The first-order chi connectivity index (χ1) is 8.83. The van der Waals surface area contributed by atoms with Crippen LogP contribution >= 0.6 is 0 Å². The quantitative estimate of drug-likeness (QED) is 0.547. The lowest BCUT2D eigenvalue weighted by Gasteiger charge is -2.16. The van der Waals surface area contributed by atoms with Gasteiger partial charge in [0, 0.05) is 19.0 Å². The summed E-state index contributed by atoms with van der Waals surface area (Å²) in [5, 5.41) is 0. The maximum Gasteiger partial charge on any atom is 0.409 e. The molecule has 0 spiro atoms. The third kappa shape index (κ3) is 5.78. The number of ether oxygens (including phenoxy) is 1. The smallest absolute Gasteiger partial charge is 0.409 e. The van der Waals surface area contributed by atoms with Gasteiger partial charge in [-0.3, -0.25) is 4.18 Å². The van der Waals surface area contributed by atoms with E-state index in [4.69, 9.17) is 8.92 Å². The summed E-state index contributed by atoms with van der Waals surface area (Å²) in [5.74, 6) is 0.244. The number of amides is 1. The summed E-state index contributed by atoms with van der Waals surface area (Å²) in [6.07, 6.45) is 2.55. The molecular weight excluding hydrogens is 270 g/mol. The Kier molecular flexibility index (Phi) is 6.06. The minimum atomic E-state index is -3.43. The van der Waals surface area contributed by atoms with Crippen molar-refractivity contribution in [2.75, 3.05) is 32.6 Å². The second kappa shape index (κ2) is 7.09. The maximum absolute atomic E-state index is 11.8. The van der Waals surface area contributed by atoms with Crippen LogP contribution in [0, 0.1) is 11.8 Å². The van der Waals surface area contributed by atoms with Crippen LogP contribution in [-0.4, -0.2) is 52.0 Å². The Hall–Kier alpha value is -0.820. The predicted octanol–water partition coefficient (Wildman–Crippen LogP) is 1.47. The zero-order valence-electron chi connectivity index (χ0n) is 11.8. The largest absolute Gasteiger partial charge is 0.449 e. The molecule has 6 nitrogen and oxygen atoms in total. The molecule has 112 valence electrons. The molecule has 0 aromatic carbocycles. The molecule has 0 aromatic heterocycles. The van der Waals surface area contributed by atoms with Crippen molar-refractivity contribution in [2.24, 2.45) is 11.8 Å². The fourth-order valence-electron chi connectivity index (χ4n) is 2.01. The molecule has 1 amide bonds. The SMILES string of the molecule is CCCCOC(=O)N1CC(C)C(COS(C)(=O)=O)C1. The lowest BCUT2D eigenvalue weighted by molar-refractivity contribution is 0.107. The topological polar surface area (TPSA) is 72.9 Å². The highest BCUT2D eigenvalue weighted by Gasteiger charge is 2.33. The normalized spacial score (nSPS) is 23.6. The average molecular weight is 293 g/mol. The van der Waals surface area contributed by atoms with Crippen LogP contribution < -0.4 is 0 Å². The molecule has 0 bridgehead atoms. The number of hydrogen-bond donors (Lipinski definition) is 0. The van der Waals surface area contributed by atoms with Crippen molar-refractivity contribution >= 4 is 16.2 Å². The number of likely N-dealkylation sites (tertiary alicyclic amines) is 1. The summed E-state index contributed by atoms with van der Waals surface area (Å²) in [6, 6.07) is 0. The van der Waals surface area contributed by atoms with E-state index in [0.717, 1.165) is 19.1 Å². The second-order valence-corrected chi connectivity index (χ2v) is 6.74. The Morgan fingerprint density at radius 1 is 1.37 bits per heavy atom. The number of carbonyl (C=O) groups excluding carboxylic acids is 1. The number of nitrogens with zero attached hydrogens (tertiary/aromatic N) is 1. The van der Waals surface area contributed by atoms with Crippen molar-refractivity contribution in [3.63, 3.8) is 0 Å². The van der Waals surface area contributed by atoms with Gasteiger partial charge in [0.2, 0.25) is 0 Å². The summed E-state index contributed by atoms with van der Waals surface area (Å²) >= 11 is 0. The van der Waals surface area contributed by atoms with Gasteiger partial charge >= 0.3 is 6.09 Å². The summed E-state index contributed by atoms with van der Waals surface area (Å²) in [5.41, 5.74) is 0. The monoisotopic (exact) mass is 293 g/mol. The molecule has 19 heavy (non-hydrogen) atoms. The number of unbranched alkanes of at least 4 members (excludes halogenated alkanes) is 1. The van der Waals surface area contributed by atoms with E-state index in [9.17, 15) is 13.2 Å². The first kappa shape index (κ1) is 16.2. The molecule has 1 aliphatic rings. The van der Waals surface area contributed by atoms with Crippen LogP contribution in [0.15, 0.2) is 0 Å². The van der Waals surface area contributed by atoms with Crippen LogP contribution in [0.3, 0.4) is 0 Å². The molecule has 1 saturated heterocycles. The van der Waals surface area contributed by atoms with E-state index in [1.54, 1.807) is 4.90 Å². The lowest BCUT2D eigenvalue weighted by atomic mass is 10.00. The first-order valence-electron chi connectivity index (χ1n) is 6.59. The average Bonchev–Trinajstić information content (AvgIpc) is 2.67. The molecule has 0 N–H and O–H groups in total. The summed E-state index contributed by atoms with van der Waals surface area (Å²) in [7, 11) is -3.43. The van der Waals surface area contributed by atoms with Crippen molar-refractivity contribution < 1.29 is 22.1 Å². The highest BCUT2D eigenvalue weighted by molar-refractivity contribution is 7.85. The van der Waals surface area contributed by atoms with Gasteiger partial charge in [0.05, 0.1) is 19.5 Å². The molecule has 1 rings (SSSR count). The van der Waals surface area contributed by atoms with Gasteiger partial charge in [-0.15, -0.1) is 0 Å². The maximum atomic E-state index is 11.8. The van der Waals surface area contributed by atoms with Crippen LogP contribution in [0.25, 0.3) is 0 Å². The summed E-state index contributed by atoms with van der Waals surface area (Å²) < 4.78 is 31.9. The van der Waals surface area contributed by atoms with Gasteiger partial charge in [-0.1, -0.05) is 20.3 Å². The van der Waals surface area contributed by atoms with Crippen LogP contribution in [-0.2, 0) is 19.0 Å². The molecule has 1 heterocycles. The Morgan fingerprint density at radius 3 is 2.63 bits per heavy atom. The van der Waals surface area contributed by atoms with E-state index in [2.05, 4.69) is 0 Å². The fraction of sp³-hybridized carbons (Fsp3) is 0.917. The van der Waals surface area contributed by atoms with Crippen LogP contribution in [0.4, 0.5) is 4.79 Å². The van der Waals surface area contributed by atoms with Gasteiger partial charge in [-0.05, 0) is 12.3 Å². The van der Waals surface area contributed by atoms with E-state index in [0.29, 0.717) is 19.7 Å². The minimum absolute atomic E-state index is 0.0356. The van der Waals surface area contributed by atoms with Gasteiger partial charge < -0.3 is 9.64 Å². The van der Waals surface area contributed by atoms with E-state index in [-0.39, 0.29) is 24.5 Å². The Balaban J connectivity index is 2.39. The van der Waals surface area contributed by atoms with Crippen LogP contribution in [0.2, 0.25) is 0 Å². The standard InChI is InChI=1S/C12H23NO5S/c1-4-5-6-17-12(14)13-7-10(2)11(8-13)9-18-19(3,15)16/h10-11H,4-9H2,1-3H3. The van der Waals surface area contributed by atoms with Gasteiger partial charge in [-0.25, -0.2) is 4.79 Å². The predicted molar refractivity (Wildman–Crippen MR) is 71.3 cm³/mol. The molecule has 2 unspecified atom stereocenters. The van der Waals surface area contributed by atoms with E-state index < -0.39 is 10.1 Å². The van der Waals surface area contributed by atoms with Crippen LogP contribution in [0.5, 0.6) is 0 Å². The molecule has 0 aromatic rings. The Morgan fingerprint density at radius 2 is 2.05 bits per heavy atom. The zero-order chi connectivity index (χ0) is 14.5. The number of carbonyl (C=O) groups is 1. The molecule has 7 heteroatoms.